The normalized spacial score (nSPS) is 40.9. The van der Waals surface area contributed by atoms with Gasteiger partial charge in [-0.05, 0) is 11.6 Å². The van der Waals surface area contributed by atoms with Crippen LogP contribution in [0.4, 0.5) is 0 Å². The van der Waals surface area contributed by atoms with E-state index >= 15 is 0 Å². The second-order valence-corrected chi connectivity index (χ2v) is 5.97. The van der Waals surface area contributed by atoms with Gasteiger partial charge in [-0.15, -0.1) is 0 Å². The van der Waals surface area contributed by atoms with Crippen molar-refractivity contribution < 1.29 is 14.3 Å². The van der Waals surface area contributed by atoms with E-state index in [0.29, 0.717) is 0 Å². The Morgan fingerprint density at radius 2 is 1.69 bits per heavy atom. The van der Waals surface area contributed by atoms with Crippen LogP contribution in [0.3, 0.4) is 0 Å². The van der Waals surface area contributed by atoms with Crippen molar-refractivity contribution in [3.05, 3.63) is 24.3 Å². The predicted molar refractivity (Wildman–Crippen MR) is 61.0 cm³/mol. The number of hydrogen-bond donors (Lipinski definition) is 0. The van der Waals surface area contributed by atoms with E-state index in [9.17, 15) is 9.59 Å². The predicted octanol–water partition coefficient (Wildman–Crippen LogP) is 2.32. The van der Waals surface area contributed by atoms with E-state index in [1.165, 1.54) is 12.2 Å². The topological polar surface area (TPSA) is 43.4 Å². The molecule has 1 saturated heterocycles. The molecule has 16 heavy (non-hydrogen) atoms. The number of rotatable bonds is 0. The molecular formula is C9H4Cl4O3. The van der Waals surface area contributed by atoms with Crippen molar-refractivity contribution >= 4 is 58.3 Å². The van der Waals surface area contributed by atoms with E-state index in [0.717, 1.165) is 0 Å². The highest BCUT2D eigenvalue weighted by Gasteiger charge is 2.76. The average Bonchev–Trinajstić information content (AvgIpc) is 2.37. The highest BCUT2D eigenvalue weighted by atomic mass is 35.5. The summed E-state index contributed by atoms with van der Waals surface area (Å²) in [6.07, 6.45) is 2.55. The number of carbonyl (C=O) groups excluding carboxylic acids is 2. The second-order valence-electron chi connectivity index (χ2n) is 3.48. The van der Waals surface area contributed by atoms with E-state index in [4.69, 9.17) is 46.4 Å². The molecule has 0 radical (unpaired) electrons. The van der Waals surface area contributed by atoms with Crippen LogP contribution in [0.2, 0.25) is 0 Å². The summed E-state index contributed by atoms with van der Waals surface area (Å²) >= 11 is 23.9. The molecule has 0 saturated carbocycles. The standard InChI is InChI=1S/C9H4Cl4O3/c1-4-2-3-7(10)5(14)16-6(15)8(7,11)9(4,12)13/h2-3H,1H2. The molecule has 1 aliphatic carbocycles. The maximum absolute atomic E-state index is 11.6. The Labute approximate surface area is 111 Å². The first-order chi connectivity index (χ1) is 7.18. The summed E-state index contributed by atoms with van der Waals surface area (Å²) < 4.78 is 2.49. The summed E-state index contributed by atoms with van der Waals surface area (Å²) in [6.45, 7) is 3.55. The van der Waals surface area contributed by atoms with Gasteiger partial charge in [0, 0.05) is 0 Å². The van der Waals surface area contributed by atoms with Crippen molar-refractivity contribution in [2.45, 2.75) is 14.1 Å². The van der Waals surface area contributed by atoms with Crippen molar-refractivity contribution in [1.29, 1.82) is 0 Å². The van der Waals surface area contributed by atoms with E-state index < -0.39 is 26.0 Å². The Kier molecular flexibility index (Phi) is 2.42. The highest BCUT2D eigenvalue weighted by molar-refractivity contribution is 6.64. The Morgan fingerprint density at radius 1 is 1.12 bits per heavy atom. The molecule has 1 heterocycles. The lowest BCUT2D eigenvalue weighted by Crippen LogP contribution is -2.60. The molecule has 2 unspecified atom stereocenters. The Bertz CT molecular complexity index is 456. The van der Waals surface area contributed by atoms with Crippen molar-refractivity contribution in [1.82, 2.24) is 0 Å². The van der Waals surface area contributed by atoms with Gasteiger partial charge in [0.25, 0.3) is 0 Å². The van der Waals surface area contributed by atoms with Crippen molar-refractivity contribution in [3.63, 3.8) is 0 Å². The third-order valence-corrected chi connectivity index (χ3v) is 5.26. The molecule has 0 aromatic carbocycles. The van der Waals surface area contributed by atoms with E-state index in [-0.39, 0.29) is 5.57 Å². The van der Waals surface area contributed by atoms with Crippen LogP contribution >= 0.6 is 46.4 Å². The molecule has 3 nitrogen and oxygen atoms in total. The van der Waals surface area contributed by atoms with Crippen LogP contribution in [0.1, 0.15) is 0 Å². The molecule has 2 rings (SSSR count). The van der Waals surface area contributed by atoms with Crippen LogP contribution in [-0.4, -0.2) is 26.0 Å². The van der Waals surface area contributed by atoms with Gasteiger partial charge in [0.15, 0.2) is 9.21 Å². The van der Waals surface area contributed by atoms with Crippen molar-refractivity contribution in [3.8, 4) is 0 Å². The van der Waals surface area contributed by atoms with Crippen LogP contribution in [0.15, 0.2) is 24.3 Å². The van der Waals surface area contributed by atoms with Gasteiger partial charge >= 0.3 is 11.9 Å². The van der Waals surface area contributed by atoms with Crippen LogP contribution in [0, 0.1) is 0 Å². The van der Waals surface area contributed by atoms with Crippen LogP contribution in [-0.2, 0) is 14.3 Å². The fourth-order valence-electron chi connectivity index (χ4n) is 1.60. The highest BCUT2D eigenvalue weighted by Crippen LogP contribution is 2.59. The van der Waals surface area contributed by atoms with E-state index in [1.54, 1.807) is 0 Å². The first kappa shape index (κ1) is 12.2. The summed E-state index contributed by atoms with van der Waals surface area (Å²) in [4.78, 5) is 19.1. The number of hydrogen-bond acceptors (Lipinski definition) is 3. The molecular weight excluding hydrogens is 298 g/mol. The van der Waals surface area contributed by atoms with Gasteiger partial charge in [-0.1, -0.05) is 59.1 Å². The first-order valence-corrected chi connectivity index (χ1v) is 5.60. The van der Waals surface area contributed by atoms with Gasteiger partial charge < -0.3 is 4.74 Å². The smallest absolute Gasteiger partial charge is 0.341 e. The summed E-state index contributed by atoms with van der Waals surface area (Å²) in [5.74, 6) is -2.08. The quantitative estimate of drug-likeness (QED) is 0.392. The number of cyclic esters (lactones) is 2. The minimum absolute atomic E-state index is 0.161. The Balaban J connectivity index is 2.77. The number of halogens is 4. The lowest BCUT2D eigenvalue weighted by molar-refractivity contribution is -0.153. The van der Waals surface area contributed by atoms with Gasteiger partial charge in [-0.3, -0.25) is 0 Å². The van der Waals surface area contributed by atoms with Gasteiger partial charge in [-0.25, -0.2) is 9.59 Å². The number of esters is 2. The number of carbonyl (C=O) groups is 2. The van der Waals surface area contributed by atoms with Gasteiger partial charge in [-0.2, -0.15) is 0 Å². The largest absolute Gasteiger partial charge is 0.390 e. The maximum atomic E-state index is 11.6. The Morgan fingerprint density at radius 3 is 2.25 bits per heavy atom. The number of fused-ring (bicyclic) bond motifs is 1. The molecule has 2 atom stereocenters. The zero-order chi connectivity index (χ0) is 12.4. The van der Waals surface area contributed by atoms with E-state index in [1.807, 2.05) is 0 Å². The summed E-state index contributed by atoms with van der Waals surface area (Å²) in [5.41, 5.74) is 0.161. The number of alkyl halides is 4. The third-order valence-electron chi connectivity index (χ3n) is 2.62. The minimum Gasteiger partial charge on any atom is -0.390 e. The van der Waals surface area contributed by atoms with Gasteiger partial charge in [0.2, 0.25) is 4.87 Å². The second kappa shape index (κ2) is 3.16. The van der Waals surface area contributed by atoms with Crippen molar-refractivity contribution in [2.24, 2.45) is 0 Å². The van der Waals surface area contributed by atoms with Crippen LogP contribution in [0.25, 0.3) is 0 Å². The molecule has 0 spiro atoms. The third kappa shape index (κ3) is 1.07. The Hall–Kier alpha value is -0.220. The summed E-state index contributed by atoms with van der Waals surface area (Å²) in [5, 5.41) is 0. The van der Waals surface area contributed by atoms with E-state index in [2.05, 4.69) is 11.3 Å². The molecule has 1 fully saturated rings. The summed E-state index contributed by atoms with van der Waals surface area (Å²) in [6, 6.07) is 0. The molecule has 1 aliphatic heterocycles. The molecule has 0 aromatic heterocycles. The van der Waals surface area contributed by atoms with Crippen LogP contribution in [0.5, 0.6) is 0 Å². The molecule has 0 aromatic rings. The molecule has 2 aliphatic rings. The summed E-state index contributed by atoms with van der Waals surface area (Å²) in [7, 11) is 0. The zero-order valence-corrected chi connectivity index (χ0v) is 10.6. The SMILES string of the molecule is C=C1C=CC2(Cl)C(=O)OC(=O)C2(Cl)C1(Cl)Cl. The first-order valence-electron chi connectivity index (χ1n) is 4.09. The number of allylic oxidation sites excluding steroid dienone is 2. The lowest BCUT2D eigenvalue weighted by Gasteiger charge is -2.40. The molecule has 86 valence electrons. The maximum Gasteiger partial charge on any atom is 0.341 e. The molecule has 7 heteroatoms. The molecule has 0 amide bonds. The fraction of sp³-hybridized carbons (Fsp3) is 0.333. The molecule has 0 bridgehead atoms. The fourth-order valence-corrected chi connectivity index (χ4v) is 2.89. The number of ether oxygens (including phenoxy) is 1. The molecule has 0 N–H and O–H groups in total. The van der Waals surface area contributed by atoms with Crippen molar-refractivity contribution in [2.75, 3.05) is 0 Å². The average molecular weight is 302 g/mol. The van der Waals surface area contributed by atoms with Gasteiger partial charge in [0.05, 0.1) is 0 Å². The van der Waals surface area contributed by atoms with Gasteiger partial charge in [0.1, 0.15) is 0 Å². The lowest BCUT2D eigenvalue weighted by atomic mass is 9.81. The zero-order valence-electron chi connectivity index (χ0n) is 7.60. The minimum atomic E-state index is -2.10. The monoisotopic (exact) mass is 300 g/mol. The van der Waals surface area contributed by atoms with Crippen LogP contribution < -0.4 is 0 Å².